The summed E-state index contributed by atoms with van der Waals surface area (Å²) in [5, 5.41) is 19.2. The van der Waals surface area contributed by atoms with Gasteiger partial charge < -0.3 is 10.1 Å². The van der Waals surface area contributed by atoms with E-state index in [1.165, 1.54) is 36.1 Å². The molecule has 1 aliphatic heterocycles. The number of hydrogen-bond acceptors (Lipinski definition) is 6. The van der Waals surface area contributed by atoms with Crippen molar-refractivity contribution < 1.29 is 22.1 Å². The Morgan fingerprint density at radius 1 is 1.41 bits per heavy atom. The number of likely N-dealkylation sites (tertiary alicyclic amines) is 1. The molecule has 2 N–H and O–H groups in total. The highest BCUT2D eigenvalue weighted by Crippen LogP contribution is 2.24. The summed E-state index contributed by atoms with van der Waals surface area (Å²) in [7, 11) is -1.18. The van der Waals surface area contributed by atoms with Gasteiger partial charge in [0.1, 0.15) is 5.82 Å². The summed E-state index contributed by atoms with van der Waals surface area (Å²) < 4.78 is 41.6. The number of hydroxylamine groups is 1. The Labute approximate surface area is 187 Å². The number of benzene rings is 1. The van der Waals surface area contributed by atoms with Crippen molar-refractivity contribution in [3.63, 3.8) is 0 Å². The Hall–Kier alpha value is -2.54. The molecule has 0 saturated carbocycles. The van der Waals surface area contributed by atoms with Gasteiger partial charge in [-0.15, -0.1) is 0 Å². The molecule has 32 heavy (non-hydrogen) atoms. The first kappa shape index (κ1) is 24.1. The number of carbonyl (C=O) groups excluding carboxylic acids is 1. The monoisotopic (exact) mass is 468 g/mol. The molecule has 0 bridgehead atoms. The SMILES string of the molecule is CCc1cc(NC(=O)[NH+]([O-])S(=O)(=O)N(c2cnn(C)c2)C2CCCN(C)C2)cc(C)c1F. The van der Waals surface area contributed by atoms with Crippen molar-refractivity contribution in [2.45, 2.75) is 39.2 Å². The molecule has 2 amide bonds. The highest BCUT2D eigenvalue weighted by atomic mass is 32.2. The number of nitrogens with zero attached hydrogens (tertiary/aromatic N) is 4. The number of aryl methyl sites for hydroxylation is 3. The van der Waals surface area contributed by atoms with Gasteiger partial charge in [0, 0.05) is 25.5 Å². The molecule has 2 aromatic rings. The number of anilines is 2. The van der Waals surface area contributed by atoms with E-state index in [4.69, 9.17) is 0 Å². The molecule has 1 aromatic heterocycles. The van der Waals surface area contributed by atoms with E-state index in [-0.39, 0.29) is 16.9 Å². The van der Waals surface area contributed by atoms with Gasteiger partial charge in [-0.2, -0.15) is 18.0 Å². The minimum atomic E-state index is -4.69. The lowest BCUT2D eigenvalue weighted by Crippen LogP contribution is -3.14. The maximum absolute atomic E-state index is 14.1. The maximum atomic E-state index is 14.1. The van der Waals surface area contributed by atoms with Crippen molar-refractivity contribution >= 4 is 27.6 Å². The number of likely N-dealkylation sites (N-methyl/N-ethyl adjacent to an activating group) is 1. The minimum absolute atomic E-state index is 0.166. The molecule has 2 heterocycles. The number of nitrogens with one attached hydrogen (secondary N) is 2. The van der Waals surface area contributed by atoms with Crippen LogP contribution in [0.15, 0.2) is 24.5 Å². The molecule has 1 aliphatic rings. The van der Waals surface area contributed by atoms with Gasteiger partial charge in [0.05, 0.1) is 17.9 Å². The molecule has 3 rings (SSSR count). The molecular weight excluding hydrogens is 439 g/mol. The van der Waals surface area contributed by atoms with Crippen LogP contribution in [0.5, 0.6) is 0 Å². The molecule has 2 atom stereocenters. The normalized spacial score (nSPS) is 18.4. The summed E-state index contributed by atoms with van der Waals surface area (Å²) in [6.07, 6.45) is 4.53. The van der Waals surface area contributed by atoms with E-state index in [9.17, 15) is 22.8 Å². The maximum Gasteiger partial charge on any atom is 0.436 e. The average Bonchev–Trinajstić information content (AvgIpc) is 3.15. The van der Waals surface area contributed by atoms with Crippen LogP contribution < -0.4 is 14.1 Å². The van der Waals surface area contributed by atoms with Crippen molar-refractivity contribution in [2.75, 3.05) is 29.8 Å². The molecule has 0 radical (unpaired) electrons. The first-order valence-electron chi connectivity index (χ1n) is 10.4. The van der Waals surface area contributed by atoms with E-state index in [0.29, 0.717) is 24.9 Å². The average molecular weight is 469 g/mol. The van der Waals surface area contributed by atoms with Gasteiger partial charge in [-0.25, -0.2) is 13.5 Å². The van der Waals surface area contributed by atoms with Crippen molar-refractivity contribution in [1.82, 2.24) is 14.7 Å². The first-order chi connectivity index (χ1) is 15.0. The van der Waals surface area contributed by atoms with Crippen LogP contribution in [-0.4, -0.2) is 55.3 Å². The van der Waals surface area contributed by atoms with E-state index >= 15 is 0 Å². The summed E-state index contributed by atoms with van der Waals surface area (Å²) in [6.45, 7) is 4.52. The quantitative estimate of drug-likeness (QED) is 0.616. The summed E-state index contributed by atoms with van der Waals surface area (Å²) in [6, 6.07) is 0.951. The van der Waals surface area contributed by atoms with Crippen molar-refractivity contribution in [1.29, 1.82) is 0 Å². The van der Waals surface area contributed by atoms with Gasteiger partial charge in [0.25, 0.3) is 0 Å². The molecule has 176 valence electrons. The minimum Gasteiger partial charge on any atom is -0.608 e. The number of hydrogen-bond donors (Lipinski definition) is 2. The zero-order valence-electron chi connectivity index (χ0n) is 18.6. The number of carbonyl (C=O) groups is 1. The second-order valence-corrected chi connectivity index (χ2v) is 9.81. The van der Waals surface area contributed by atoms with Crippen LogP contribution in [0.1, 0.15) is 30.9 Å². The van der Waals surface area contributed by atoms with Crippen molar-refractivity contribution in [3.8, 4) is 0 Å². The highest BCUT2D eigenvalue weighted by molar-refractivity contribution is 7.86. The van der Waals surface area contributed by atoms with Crippen LogP contribution in [-0.2, 0) is 23.7 Å². The number of rotatable bonds is 6. The molecule has 1 saturated heterocycles. The Bertz CT molecular complexity index is 1090. The highest BCUT2D eigenvalue weighted by Gasteiger charge is 2.40. The lowest BCUT2D eigenvalue weighted by molar-refractivity contribution is -0.604. The van der Waals surface area contributed by atoms with Gasteiger partial charge in [-0.05, 0) is 63.0 Å². The molecule has 10 nitrogen and oxygen atoms in total. The lowest BCUT2D eigenvalue weighted by Gasteiger charge is -2.38. The molecular formula is C20H29FN6O4S. The number of quaternary nitrogens is 1. The molecule has 1 aromatic carbocycles. The standard InChI is InChI=1S/C20H29FN6O4S/c1-5-15-10-16(9-14(2)19(15)21)23-20(28)27(29)32(30,31)26(18-11-22-25(4)13-18)17-7-6-8-24(3)12-17/h9-11,13,17,27H,5-8,12H2,1-4H3,(H,23,28). The predicted octanol–water partition coefficient (Wildman–Crippen LogP) is 1.19. The van der Waals surface area contributed by atoms with Gasteiger partial charge in [-0.1, -0.05) is 6.92 Å². The van der Waals surface area contributed by atoms with Gasteiger partial charge in [0.15, 0.2) is 0 Å². The van der Waals surface area contributed by atoms with E-state index in [1.807, 2.05) is 11.9 Å². The summed E-state index contributed by atoms with van der Waals surface area (Å²) in [5.74, 6) is -0.395. The predicted molar refractivity (Wildman–Crippen MR) is 119 cm³/mol. The molecule has 1 fully saturated rings. The summed E-state index contributed by atoms with van der Waals surface area (Å²) in [4.78, 5) is 14.6. The number of amides is 2. The van der Waals surface area contributed by atoms with Gasteiger partial charge >= 0.3 is 16.2 Å². The summed E-state index contributed by atoms with van der Waals surface area (Å²) in [5.41, 5.74) is 1.04. The number of halogens is 1. The molecule has 0 spiro atoms. The number of aromatic nitrogens is 2. The summed E-state index contributed by atoms with van der Waals surface area (Å²) >= 11 is 0. The van der Waals surface area contributed by atoms with Crippen LogP contribution in [0, 0.1) is 17.9 Å². The number of piperidine rings is 1. The third-order valence-electron chi connectivity index (χ3n) is 5.52. The second kappa shape index (κ2) is 9.53. The molecule has 2 unspecified atom stereocenters. The van der Waals surface area contributed by atoms with Gasteiger partial charge in [0.2, 0.25) is 0 Å². The Balaban J connectivity index is 1.90. The smallest absolute Gasteiger partial charge is 0.436 e. The zero-order valence-corrected chi connectivity index (χ0v) is 19.4. The fourth-order valence-corrected chi connectivity index (χ4v) is 5.36. The van der Waals surface area contributed by atoms with Crippen molar-refractivity contribution in [2.24, 2.45) is 7.05 Å². The van der Waals surface area contributed by atoms with Crippen molar-refractivity contribution in [3.05, 3.63) is 46.7 Å². The Kier molecular flexibility index (Phi) is 7.18. The Morgan fingerprint density at radius 3 is 2.72 bits per heavy atom. The topological polar surface area (TPSA) is 115 Å². The fraction of sp³-hybridized carbons (Fsp3) is 0.500. The van der Waals surface area contributed by atoms with E-state index in [1.54, 1.807) is 14.0 Å². The number of urea groups is 1. The third-order valence-corrected chi connectivity index (χ3v) is 7.21. The van der Waals surface area contributed by atoms with Crippen LogP contribution in [0.2, 0.25) is 0 Å². The molecule has 12 heteroatoms. The zero-order chi connectivity index (χ0) is 23.6. The first-order valence-corrected chi connectivity index (χ1v) is 11.8. The third kappa shape index (κ3) is 4.93. The van der Waals surface area contributed by atoms with E-state index in [2.05, 4.69) is 10.4 Å². The fourth-order valence-electron chi connectivity index (χ4n) is 3.96. The second-order valence-electron chi connectivity index (χ2n) is 8.09. The largest absolute Gasteiger partial charge is 0.608 e. The van der Waals surface area contributed by atoms with Crippen LogP contribution >= 0.6 is 0 Å². The van der Waals surface area contributed by atoms with E-state index in [0.717, 1.165) is 17.3 Å². The van der Waals surface area contributed by atoms with Gasteiger partial charge in [-0.3, -0.25) is 10.00 Å². The Morgan fingerprint density at radius 2 is 2.12 bits per heavy atom. The lowest BCUT2D eigenvalue weighted by atomic mass is 10.1. The molecule has 0 aliphatic carbocycles. The van der Waals surface area contributed by atoms with Crippen LogP contribution in [0.4, 0.5) is 20.6 Å². The van der Waals surface area contributed by atoms with E-state index < -0.39 is 32.6 Å². The van der Waals surface area contributed by atoms with Crippen LogP contribution in [0.25, 0.3) is 0 Å². The van der Waals surface area contributed by atoms with Crippen LogP contribution in [0.3, 0.4) is 0 Å².